The van der Waals surface area contributed by atoms with Gasteiger partial charge in [-0.25, -0.2) is 13.2 Å². The number of pyridine rings is 1. The number of halogens is 6. The summed E-state index contributed by atoms with van der Waals surface area (Å²) in [7, 11) is 0. The molecular weight excluding hydrogens is 586 g/mol. The fourth-order valence-electron chi connectivity index (χ4n) is 5.53. The molecule has 0 fully saturated rings. The number of ketones is 1. The van der Waals surface area contributed by atoms with Crippen molar-refractivity contribution in [3.05, 3.63) is 113 Å². The number of Topliss-reactive ketones (excluding diaryl/α,β-unsaturated/α-hetero) is 1. The van der Waals surface area contributed by atoms with Gasteiger partial charge in [-0.2, -0.15) is 18.3 Å². The summed E-state index contributed by atoms with van der Waals surface area (Å²) in [5, 5.41) is 3.69. The van der Waals surface area contributed by atoms with Crippen LogP contribution in [-0.2, 0) is 23.9 Å². The van der Waals surface area contributed by atoms with Crippen LogP contribution in [-0.4, -0.2) is 26.5 Å². The van der Waals surface area contributed by atoms with Gasteiger partial charge in [0.1, 0.15) is 17.5 Å². The van der Waals surface area contributed by atoms with E-state index >= 15 is 0 Å². The SMILES string of the molecule is NC(=O)c1cc(-c2cccnc2[C@@H](CC(=O)Cn2cc(C3=CCCC3)c(C(F)(F)F)n2)Cc2cc(F)cc(F)c2)ccc1F. The zero-order chi connectivity index (χ0) is 31.6. The Kier molecular flexibility index (Phi) is 8.70. The molecule has 5 rings (SSSR count). The largest absolute Gasteiger partial charge is 0.435 e. The van der Waals surface area contributed by atoms with Gasteiger partial charge in [0.2, 0.25) is 0 Å². The maximum Gasteiger partial charge on any atom is 0.435 e. The molecule has 0 spiro atoms. The maximum atomic E-state index is 14.2. The zero-order valence-corrected chi connectivity index (χ0v) is 23.2. The number of nitrogens with two attached hydrogens (primary N) is 1. The number of aromatic nitrogens is 3. The predicted octanol–water partition coefficient (Wildman–Crippen LogP) is 7.03. The summed E-state index contributed by atoms with van der Waals surface area (Å²) in [5.74, 6) is -4.83. The van der Waals surface area contributed by atoms with E-state index in [2.05, 4.69) is 10.1 Å². The molecule has 44 heavy (non-hydrogen) atoms. The highest BCUT2D eigenvalue weighted by molar-refractivity contribution is 5.94. The molecule has 2 N–H and O–H groups in total. The molecule has 2 heterocycles. The van der Waals surface area contributed by atoms with E-state index in [1.165, 1.54) is 24.5 Å². The molecule has 0 bridgehead atoms. The standard InChI is InChI=1S/C32H26F6N4O2/c33-22-11-18(12-23(34)15-22)10-21(29-25(6-3-9-40-29)20-7-8-28(35)26(14-20)31(39)44)13-24(43)16-42-17-27(19-4-1-2-5-19)30(41-42)32(36,37)38/h3-4,6-9,11-12,14-15,17,21H,1-2,5,10,13,16H2,(H2,39,44)/t21-/m1/s1. The van der Waals surface area contributed by atoms with Gasteiger partial charge >= 0.3 is 6.18 Å². The Bertz CT molecular complexity index is 1740. The van der Waals surface area contributed by atoms with Gasteiger partial charge in [0, 0.05) is 41.9 Å². The summed E-state index contributed by atoms with van der Waals surface area (Å²) in [5.41, 5.74) is 5.59. The molecule has 6 nitrogen and oxygen atoms in total. The average Bonchev–Trinajstić information content (AvgIpc) is 3.63. The fourth-order valence-corrected chi connectivity index (χ4v) is 5.53. The summed E-state index contributed by atoms with van der Waals surface area (Å²) in [6, 6.07) is 9.80. The Morgan fingerprint density at radius 2 is 1.75 bits per heavy atom. The number of allylic oxidation sites excluding steroid dienone is 2. The van der Waals surface area contributed by atoms with E-state index in [4.69, 9.17) is 5.73 Å². The number of carbonyl (C=O) groups excluding carboxylic acids is 2. The van der Waals surface area contributed by atoms with Gasteiger partial charge in [-0.15, -0.1) is 0 Å². The van der Waals surface area contributed by atoms with Crippen molar-refractivity contribution in [1.82, 2.24) is 14.8 Å². The topological polar surface area (TPSA) is 90.9 Å². The second kappa shape index (κ2) is 12.5. The lowest BCUT2D eigenvalue weighted by atomic mass is 9.86. The zero-order valence-electron chi connectivity index (χ0n) is 23.2. The summed E-state index contributed by atoms with van der Waals surface area (Å²) < 4.78 is 84.7. The van der Waals surface area contributed by atoms with Crippen LogP contribution >= 0.6 is 0 Å². The third kappa shape index (κ3) is 6.90. The van der Waals surface area contributed by atoms with Crippen molar-refractivity contribution in [2.24, 2.45) is 5.73 Å². The highest BCUT2D eigenvalue weighted by atomic mass is 19.4. The molecule has 2 aromatic carbocycles. The van der Waals surface area contributed by atoms with E-state index in [1.54, 1.807) is 18.2 Å². The molecule has 1 aliphatic rings. The molecule has 2 aromatic heterocycles. The molecule has 4 aromatic rings. The molecule has 12 heteroatoms. The molecule has 0 unspecified atom stereocenters. The number of carbonyl (C=O) groups is 2. The maximum absolute atomic E-state index is 14.2. The molecule has 0 saturated heterocycles. The molecule has 0 aliphatic heterocycles. The van der Waals surface area contributed by atoms with Crippen LogP contribution in [0, 0.1) is 17.5 Å². The molecule has 1 aliphatic carbocycles. The molecule has 0 saturated carbocycles. The van der Waals surface area contributed by atoms with Gasteiger partial charge in [0.15, 0.2) is 11.5 Å². The number of amides is 1. The number of primary amides is 1. The fraction of sp³-hybridized carbons (Fsp3) is 0.250. The van der Waals surface area contributed by atoms with Crippen LogP contribution in [0.15, 0.2) is 67.0 Å². The van der Waals surface area contributed by atoms with Crippen LogP contribution < -0.4 is 5.73 Å². The van der Waals surface area contributed by atoms with E-state index < -0.39 is 53.5 Å². The van der Waals surface area contributed by atoms with Crippen molar-refractivity contribution < 1.29 is 35.9 Å². The van der Waals surface area contributed by atoms with Crippen molar-refractivity contribution >= 4 is 17.3 Å². The number of alkyl halides is 3. The molecular formula is C32H26F6N4O2. The smallest absolute Gasteiger partial charge is 0.366 e. The third-order valence-electron chi connectivity index (χ3n) is 7.40. The van der Waals surface area contributed by atoms with Gasteiger partial charge in [0.25, 0.3) is 5.91 Å². The minimum atomic E-state index is -4.72. The van der Waals surface area contributed by atoms with E-state index in [0.29, 0.717) is 41.3 Å². The van der Waals surface area contributed by atoms with Gasteiger partial charge in [-0.3, -0.25) is 19.3 Å². The number of hydrogen-bond acceptors (Lipinski definition) is 4. The minimum Gasteiger partial charge on any atom is -0.366 e. The van der Waals surface area contributed by atoms with Crippen LogP contribution in [0.25, 0.3) is 16.7 Å². The van der Waals surface area contributed by atoms with Crippen molar-refractivity contribution in [2.75, 3.05) is 0 Å². The lowest BCUT2D eigenvalue weighted by molar-refractivity contribution is -0.142. The molecule has 1 atom stereocenters. The van der Waals surface area contributed by atoms with Gasteiger partial charge in [-0.05, 0) is 72.7 Å². The third-order valence-corrected chi connectivity index (χ3v) is 7.40. The van der Waals surface area contributed by atoms with Crippen molar-refractivity contribution in [2.45, 2.75) is 50.7 Å². The Morgan fingerprint density at radius 1 is 1.00 bits per heavy atom. The normalized spacial score (nSPS) is 14.0. The van der Waals surface area contributed by atoms with Crippen molar-refractivity contribution in [1.29, 1.82) is 0 Å². The number of rotatable bonds is 10. The van der Waals surface area contributed by atoms with E-state index in [-0.39, 0.29) is 29.5 Å². The summed E-state index contributed by atoms with van der Waals surface area (Å²) >= 11 is 0. The number of nitrogens with zero attached hydrogens (tertiary/aromatic N) is 3. The Balaban J connectivity index is 1.50. The van der Waals surface area contributed by atoms with Gasteiger partial charge < -0.3 is 5.73 Å². The molecule has 1 amide bonds. The minimum absolute atomic E-state index is 0.0665. The lowest BCUT2D eigenvalue weighted by Crippen LogP contribution is -2.18. The predicted molar refractivity (Wildman–Crippen MR) is 150 cm³/mol. The first-order valence-corrected chi connectivity index (χ1v) is 13.7. The Labute approximate surface area is 248 Å². The number of benzene rings is 2. The van der Waals surface area contributed by atoms with E-state index in [1.807, 2.05) is 0 Å². The van der Waals surface area contributed by atoms with E-state index in [9.17, 15) is 35.9 Å². The first-order chi connectivity index (χ1) is 20.9. The first kappa shape index (κ1) is 30.7. The highest BCUT2D eigenvalue weighted by Gasteiger charge is 2.38. The molecule has 228 valence electrons. The van der Waals surface area contributed by atoms with Crippen molar-refractivity contribution in [3.63, 3.8) is 0 Å². The Hall–Kier alpha value is -4.74. The van der Waals surface area contributed by atoms with Crippen LogP contribution in [0.3, 0.4) is 0 Å². The Morgan fingerprint density at radius 3 is 2.41 bits per heavy atom. The second-order valence-electron chi connectivity index (χ2n) is 10.6. The number of hydrogen-bond donors (Lipinski definition) is 1. The lowest BCUT2D eigenvalue weighted by Gasteiger charge is -2.20. The van der Waals surface area contributed by atoms with Gasteiger partial charge in [0.05, 0.1) is 17.8 Å². The highest BCUT2D eigenvalue weighted by Crippen LogP contribution is 2.38. The quantitative estimate of drug-likeness (QED) is 0.195. The van der Waals surface area contributed by atoms with Crippen LogP contribution in [0.5, 0.6) is 0 Å². The van der Waals surface area contributed by atoms with Gasteiger partial charge in [-0.1, -0.05) is 18.2 Å². The van der Waals surface area contributed by atoms with Crippen molar-refractivity contribution in [3.8, 4) is 11.1 Å². The summed E-state index contributed by atoms with van der Waals surface area (Å²) in [4.78, 5) is 29.6. The first-order valence-electron chi connectivity index (χ1n) is 13.7. The second-order valence-corrected chi connectivity index (χ2v) is 10.6. The monoisotopic (exact) mass is 612 g/mol. The average molecular weight is 613 g/mol. The van der Waals surface area contributed by atoms with Crippen LogP contribution in [0.4, 0.5) is 26.3 Å². The van der Waals surface area contributed by atoms with E-state index in [0.717, 1.165) is 29.3 Å². The summed E-state index contributed by atoms with van der Waals surface area (Å²) in [6.45, 7) is -0.491. The summed E-state index contributed by atoms with van der Waals surface area (Å²) in [6.07, 6.45) is 1.15. The molecule has 0 radical (unpaired) electrons. The van der Waals surface area contributed by atoms with Crippen LogP contribution in [0.1, 0.15) is 64.5 Å². The van der Waals surface area contributed by atoms with Crippen LogP contribution in [0.2, 0.25) is 0 Å².